The van der Waals surface area contributed by atoms with E-state index >= 15 is 0 Å². The van der Waals surface area contributed by atoms with Crippen molar-refractivity contribution in [2.75, 3.05) is 0 Å². The SMILES string of the molecule is C#CCC(O)c1ccnn1C. The first-order valence-electron chi connectivity index (χ1n) is 3.35. The normalized spacial score (nSPS) is 12.5. The Balaban J connectivity index is 2.77. The van der Waals surface area contributed by atoms with E-state index in [1.165, 1.54) is 0 Å². The van der Waals surface area contributed by atoms with Gasteiger partial charge in [-0.15, -0.1) is 12.3 Å². The molecule has 0 aliphatic rings. The van der Waals surface area contributed by atoms with Crippen LogP contribution in [0.25, 0.3) is 0 Å². The summed E-state index contributed by atoms with van der Waals surface area (Å²) in [7, 11) is 1.77. The Kier molecular flexibility index (Phi) is 2.29. The molecule has 0 radical (unpaired) electrons. The zero-order valence-electron chi connectivity index (χ0n) is 6.36. The van der Waals surface area contributed by atoms with Crippen LogP contribution in [0.2, 0.25) is 0 Å². The summed E-state index contributed by atoms with van der Waals surface area (Å²) in [5.74, 6) is 2.39. The van der Waals surface area contributed by atoms with Crippen LogP contribution < -0.4 is 0 Å². The van der Waals surface area contributed by atoms with E-state index in [0.717, 1.165) is 5.69 Å². The molecule has 0 fully saturated rings. The fraction of sp³-hybridized carbons (Fsp3) is 0.375. The molecule has 0 aliphatic heterocycles. The van der Waals surface area contributed by atoms with Gasteiger partial charge < -0.3 is 5.11 Å². The van der Waals surface area contributed by atoms with Crippen LogP contribution >= 0.6 is 0 Å². The number of hydrogen-bond donors (Lipinski definition) is 1. The van der Waals surface area contributed by atoms with Gasteiger partial charge in [0.05, 0.1) is 5.69 Å². The molecule has 3 heteroatoms. The fourth-order valence-corrected chi connectivity index (χ4v) is 0.927. The molecule has 1 atom stereocenters. The Morgan fingerprint density at radius 2 is 2.64 bits per heavy atom. The maximum atomic E-state index is 9.39. The van der Waals surface area contributed by atoms with Crippen LogP contribution in [0.4, 0.5) is 0 Å². The van der Waals surface area contributed by atoms with E-state index < -0.39 is 6.10 Å². The van der Waals surface area contributed by atoms with Crippen LogP contribution in [-0.4, -0.2) is 14.9 Å². The molecule has 1 aromatic rings. The van der Waals surface area contributed by atoms with Gasteiger partial charge in [0.25, 0.3) is 0 Å². The van der Waals surface area contributed by atoms with Gasteiger partial charge >= 0.3 is 0 Å². The molecule has 1 N–H and O–H groups in total. The minimum absolute atomic E-state index is 0.333. The quantitative estimate of drug-likeness (QED) is 0.622. The van der Waals surface area contributed by atoms with Crippen molar-refractivity contribution in [2.24, 2.45) is 7.05 Å². The average molecular weight is 150 g/mol. The third kappa shape index (κ3) is 1.60. The van der Waals surface area contributed by atoms with Crippen LogP contribution in [0.1, 0.15) is 18.2 Å². The maximum absolute atomic E-state index is 9.39. The molecule has 1 heterocycles. The minimum Gasteiger partial charge on any atom is -0.386 e. The Morgan fingerprint density at radius 1 is 1.91 bits per heavy atom. The molecule has 1 rings (SSSR count). The molecule has 3 nitrogen and oxygen atoms in total. The van der Waals surface area contributed by atoms with Crippen LogP contribution in [0.5, 0.6) is 0 Å². The topological polar surface area (TPSA) is 38.1 Å². The van der Waals surface area contributed by atoms with E-state index in [9.17, 15) is 5.11 Å². The molecule has 1 unspecified atom stereocenters. The van der Waals surface area contributed by atoms with Gasteiger partial charge in [-0.05, 0) is 6.07 Å². The molecule has 0 bridgehead atoms. The molecule has 0 saturated heterocycles. The number of terminal acetylenes is 1. The van der Waals surface area contributed by atoms with Crippen molar-refractivity contribution < 1.29 is 5.11 Å². The zero-order valence-corrected chi connectivity index (χ0v) is 6.36. The third-order valence-corrected chi connectivity index (χ3v) is 1.51. The Bertz CT molecular complexity index is 272. The summed E-state index contributed by atoms with van der Waals surface area (Å²) in [6, 6.07) is 1.75. The molecule has 0 aromatic carbocycles. The highest BCUT2D eigenvalue weighted by molar-refractivity contribution is 5.06. The van der Waals surface area contributed by atoms with Crippen molar-refractivity contribution in [2.45, 2.75) is 12.5 Å². The van der Waals surface area contributed by atoms with E-state index in [4.69, 9.17) is 6.42 Å². The lowest BCUT2D eigenvalue weighted by Crippen LogP contribution is -2.04. The molecular weight excluding hydrogens is 140 g/mol. The Morgan fingerprint density at radius 3 is 3.09 bits per heavy atom. The van der Waals surface area contributed by atoms with Gasteiger partial charge in [-0.2, -0.15) is 5.10 Å². The van der Waals surface area contributed by atoms with Crippen molar-refractivity contribution in [1.29, 1.82) is 0 Å². The predicted molar refractivity (Wildman–Crippen MR) is 41.6 cm³/mol. The summed E-state index contributed by atoms with van der Waals surface area (Å²) in [6.45, 7) is 0. The summed E-state index contributed by atoms with van der Waals surface area (Å²) in [5, 5.41) is 13.3. The number of rotatable bonds is 2. The minimum atomic E-state index is -0.590. The van der Waals surface area contributed by atoms with Gasteiger partial charge in [0.15, 0.2) is 0 Å². The average Bonchev–Trinajstić information content (AvgIpc) is 2.36. The second-order valence-corrected chi connectivity index (χ2v) is 2.30. The first-order chi connectivity index (χ1) is 5.25. The van der Waals surface area contributed by atoms with Crippen LogP contribution in [0.3, 0.4) is 0 Å². The van der Waals surface area contributed by atoms with E-state index in [1.807, 2.05) is 0 Å². The van der Waals surface area contributed by atoms with Gasteiger partial charge in [-0.25, -0.2) is 0 Å². The van der Waals surface area contributed by atoms with Crippen LogP contribution in [0.15, 0.2) is 12.3 Å². The number of hydrogen-bond acceptors (Lipinski definition) is 2. The molecular formula is C8H10N2O. The summed E-state index contributed by atoms with van der Waals surface area (Å²) in [6.07, 6.45) is 6.42. The lowest BCUT2D eigenvalue weighted by Gasteiger charge is -2.06. The highest BCUT2D eigenvalue weighted by atomic mass is 16.3. The molecule has 0 spiro atoms. The second kappa shape index (κ2) is 3.22. The van der Waals surface area contributed by atoms with Gasteiger partial charge in [0, 0.05) is 19.7 Å². The number of aryl methyl sites for hydroxylation is 1. The van der Waals surface area contributed by atoms with Crippen molar-refractivity contribution in [1.82, 2.24) is 9.78 Å². The number of aliphatic hydroxyl groups is 1. The Labute approximate surface area is 65.7 Å². The monoisotopic (exact) mass is 150 g/mol. The van der Waals surface area contributed by atoms with Gasteiger partial charge in [0.1, 0.15) is 6.10 Å². The summed E-state index contributed by atoms with van der Waals surface area (Å²) < 4.78 is 1.61. The number of aromatic nitrogens is 2. The second-order valence-electron chi connectivity index (χ2n) is 2.30. The molecule has 1 aromatic heterocycles. The first-order valence-corrected chi connectivity index (χ1v) is 3.35. The van der Waals surface area contributed by atoms with E-state index in [2.05, 4.69) is 11.0 Å². The number of nitrogens with zero attached hydrogens (tertiary/aromatic N) is 2. The highest BCUT2D eigenvalue weighted by Crippen LogP contribution is 2.13. The first kappa shape index (κ1) is 7.83. The molecule has 11 heavy (non-hydrogen) atoms. The van der Waals surface area contributed by atoms with Crippen LogP contribution in [0, 0.1) is 12.3 Å². The van der Waals surface area contributed by atoms with Crippen molar-refractivity contribution in [3.05, 3.63) is 18.0 Å². The van der Waals surface area contributed by atoms with E-state index in [-0.39, 0.29) is 0 Å². The lowest BCUT2D eigenvalue weighted by molar-refractivity contribution is 0.174. The molecule has 0 aliphatic carbocycles. The molecule has 0 amide bonds. The molecule has 58 valence electrons. The van der Waals surface area contributed by atoms with Crippen molar-refractivity contribution in [3.63, 3.8) is 0 Å². The Hall–Kier alpha value is -1.27. The third-order valence-electron chi connectivity index (χ3n) is 1.51. The summed E-state index contributed by atoms with van der Waals surface area (Å²) >= 11 is 0. The van der Waals surface area contributed by atoms with Gasteiger partial charge in [-0.1, -0.05) is 0 Å². The summed E-state index contributed by atoms with van der Waals surface area (Å²) in [4.78, 5) is 0. The summed E-state index contributed by atoms with van der Waals surface area (Å²) in [5.41, 5.74) is 0.753. The van der Waals surface area contributed by atoms with Gasteiger partial charge in [0.2, 0.25) is 0 Å². The smallest absolute Gasteiger partial charge is 0.106 e. The largest absolute Gasteiger partial charge is 0.386 e. The van der Waals surface area contributed by atoms with Crippen LogP contribution in [-0.2, 0) is 7.05 Å². The van der Waals surface area contributed by atoms with E-state index in [0.29, 0.717) is 6.42 Å². The molecule has 0 saturated carbocycles. The number of aliphatic hydroxyl groups excluding tert-OH is 1. The lowest BCUT2D eigenvalue weighted by atomic mass is 10.2. The van der Waals surface area contributed by atoms with Gasteiger partial charge in [-0.3, -0.25) is 4.68 Å². The standard InChI is InChI=1S/C8H10N2O/c1-3-4-8(11)7-5-6-9-10(7)2/h1,5-6,8,11H,4H2,2H3. The van der Waals surface area contributed by atoms with E-state index in [1.54, 1.807) is 24.0 Å². The fourth-order valence-electron chi connectivity index (χ4n) is 0.927. The maximum Gasteiger partial charge on any atom is 0.106 e. The van der Waals surface area contributed by atoms with Crippen molar-refractivity contribution in [3.8, 4) is 12.3 Å². The highest BCUT2D eigenvalue weighted by Gasteiger charge is 2.08. The predicted octanol–water partition coefficient (Wildman–Crippen LogP) is 0.477. The van der Waals surface area contributed by atoms with Crippen molar-refractivity contribution >= 4 is 0 Å². The zero-order chi connectivity index (χ0) is 8.27.